The van der Waals surface area contributed by atoms with E-state index < -0.39 is 5.91 Å². The van der Waals surface area contributed by atoms with Crippen molar-refractivity contribution >= 4 is 17.2 Å². The number of primary amides is 1. The van der Waals surface area contributed by atoms with Gasteiger partial charge >= 0.3 is 0 Å². The maximum Gasteiger partial charge on any atom is 0.248 e. The van der Waals surface area contributed by atoms with Crippen LogP contribution in [0.4, 0.5) is 0 Å². The molecule has 1 amide bonds. The van der Waals surface area contributed by atoms with E-state index in [1.807, 2.05) is 12.1 Å². The first-order valence-electron chi connectivity index (χ1n) is 6.41. The summed E-state index contributed by atoms with van der Waals surface area (Å²) >= 11 is 1.68. The fourth-order valence-electron chi connectivity index (χ4n) is 2.12. The van der Waals surface area contributed by atoms with Gasteiger partial charge in [0.25, 0.3) is 0 Å². The smallest absolute Gasteiger partial charge is 0.248 e. The van der Waals surface area contributed by atoms with Crippen LogP contribution in [0.2, 0.25) is 0 Å². The van der Waals surface area contributed by atoms with Crippen LogP contribution in [0.5, 0.6) is 0 Å². The number of rotatable bonds is 3. The van der Waals surface area contributed by atoms with Crippen molar-refractivity contribution < 1.29 is 4.79 Å². The number of thiophene rings is 1. The lowest BCUT2D eigenvalue weighted by molar-refractivity contribution is 0.100. The molecular weight excluding hydrogens is 282 g/mol. The molecule has 0 aliphatic heterocycles. The van der Waals surface area contributed by atoms with E-state index in [0.29, 0.717) is 5.56 Å². The summed E-state index contributed by atoms with van der Waals surface area (Å²) in [5, 5.41) is 0. The van der Waals surface area contributed by atoms with Gasteiger partial charge < -0.3 is 5.73 Å². The number of hydrogen-bond donors (Lipinski definition) is 1. The van der Waals surface area contributed by atoms with Crippen molar-refractivity contribution in [2.24, 2.45) is 5.73 Å². The van der Waals surface area contributed by atoms with E-state index in [4.69, 9.17) is 5.73 Å². The van der Waals surface area contributed by atoms with Crippen molar-refractivity contribution in [3.05, 3.63) is 60.2 Å². The fraction of sp³-hybridized carbons (Fsp3) is 0.0625. The third kappa shape index (κ3) is 2.68. The maximum absolute atomic E-state index is 11.1. The Morgan fingerprint density at radius 2 is 1.76 bits per heavy atom. The minimum Gasteiger partial charge on any atom is -0.366 e. The van der Waals surface area contributed by atoms with E-state index in [1.54, 1.807) is 35.9 Å². The monoisotopic (exact) mass is 295 g/mol. The van der Waals surface area contributed by atoms with Gasteiger partial charge in [-0.2, -0.15) is 0 Å². The van der Waals surface area contributed by atoms with Gasteiger partial charge in [0.05, 0.1) is 0 Å². The zero-order valence-electron chi connectivity index (χ0n) is 11.4. The number of amides is 1. The van der Waals surface area contributed by atoms with Gasteiger partial charge in [0, 0.05) is 33.3 Å². The molecule has 21 heavy (non-hydrogen) atoms. The summed E-state index contributed by atoms with van der Waals surface area (Å²) in [6, 6.07) is 9.47. The molecule has 0 atom stereocenters. The number of hydrogen-bond acceptors (Lipinski definition) is 4. The highest BCUT2D eigenvalue weighted by molar-refractivity contribution is 7.19. The van der Waals surface area contributed by atoms with Crippen LogP contribution in [0.1, 0.15) is 15.9 Å². The first-order chi connectivity index (χ1) is 10.1. The molecule has 0 spiro atoms. The van der Waals surface area contributed by atoms with E-state index in [2.05, 4.69) is 23.0 Å². The van der Waals surface area contributed by atoms with Crippen LogP contribution in [0, 0.1) is 6.92 Å². The largest absolute Gasteiger partial charge is 0.366 e. The molecule has 1 aromatic carbocycles. The molecule has 0 aliphatic rings. The van der Waals surface area contributed by atoms with E-state index in [1.165, 1.54) is 16.8 Å². The van der Waals surface area contributed by atoms with Crippen molar-refractivity contribution in [3.63, 3.8) is 0 Å². The normalized spacial score (nSPS) is 10.5. The molecule has 0 radical (unpaired) electrons. The van der Waals surface area contributed by atoms with Crippen molar-refractivity contribution in [2.75, 3.05) is 0 Å². The molecule has 104 valence electrons. The molecule has 3 aromatic rings. The van der Waals surface area contributed by atoms with Crippen molar-refractivity contribution in [1.29, 1.82) is 0 Å². The number of carbonyl (C=O) groups is 1. The summed E-state index contributed by atoms with van der Waals surface area (Å²) in [6.45, 7) is 2.07. The van der Waals surface area contributed by atoms with Crippen LogP contribution < -0.4 is 5.73 Å². The van der Waals surface area contributed by atoms with Gasteiger partial charge in [-0.05, 0) is 36.2 Å². The van der Waals surface area contributed by atoms with Crippen LogP contribution in [-0.2, 0) is 0 Å². The highest BCUT2D eigenvalue weighted by Gasteiger charge is 2.10. The second kappa shape index (κ2) is 5.46. The molecule has 3 rings (SSSR count). The minimum atomic E-state index is -0.411. The molecule has 4 nitrogen and oxygen atoms in total. The topological polar surface area (TPSA) is 68.9 Å². The van der Waals surface area contributed by atoms with Gasteiger partial charge in [0.1, 0.15) is 6.33 Å². The standard InChI is InChI=1S/C16H13N3OS/c1-10-6-14(13-7-18-9-19-8-13)21-15(10)11-2-4-12(5-3-11)16(17)20/h2-9H,1H3,(H2,17,20). The van der Waals surface area contributed by atoms with Crippen LogP contribution in [0.15, 0.2) is 49.1 Å². The maximum atomic E-state index is 11.1. The van der Waals surface area contributed by atoms with Crippen LogP contribution in [0.25, 0.3) is 20.9 Å². The third-order valence-corrected chi connectivity index (χ3v) is 4.53. The minimum absolute atomic E-state index is 0.411. The first-order valence-corrected chi connectivity index (χ1v) is 7.23. The number of nitrogens with two attached hydrogens (primary N) is 1. The number of benzene rings is 1. The molecule has 0 aliphatic carbocycles. The van der Waals surface area contributed by atoms with Gasteiger partial charge in [-0.3, -0.25) is 4.79 Å². The highest BCUT2D eigenvalue weighted by atomic mass is 32.1. The molecule has 2 aromatic heterocycles. The Bertz CT molecular complexity index is 779. The number of aromatic nitrogens is 2. The number of nitrogens with zero attached hydrogens (tertiary/aromatic N) is 2. The number of aryl methyl sites for hydroxylation is 1. The first kappa shape index (κ1) is 13.5. The Balaban J connectivity index is 2.00. The van der Waals surface area contributed by atoms with E-state index >= 15 is 0 Å². The average Bonchev–Trinajstić information content (AvgIpc) is 2.90. The molecular formula is C16H13N3OS. The second-order valence-corrected chi connectivity index (χ2v) is 5.74. The summed E-state index contributed by atoms with van der Waals surface area (Å²) in [6.07, 6.45) is 5.13. The SMILES string of the molecule is Cc1cc(-c2cncnc2)sc1-c1ccc(C(N)=O)cc1. The summed E-state index contributed by atoms with van der Waals surface area (Å²) < 4.78 is 0. The zero-order valence-corrected chi connectivity index (χ0v) is 12.2. The fourth-order valence-corrected chi connectivity index (χ4v) is 3.28. The van der Waals surface area contributed by atoms with Crippen LogP contribution in [0.3, 0.4) is 0 Å². The molecule has 0 saturated carbocycles. The molecule has 0 fully saturated rings. The van der Waals surface area contributed by atoms with E-state index in [9.17, 15) is 4.79 Å². The highest BCUT2D eigenvalue weighted by Crippen LogP contribution is 2.37. The van der Waals surface area contributed by atoms with Gasteiger partial charge in [-0.1, -0.05) is 12.1 Å². The quantitative estimate of drug-likeness (QED) is 0.806. The molecule has 2 N–H and O–H groups in total. The Hall–Kier alpha value is -2.53. The summed E-state index contributed by atoms with van der Waals surface area (Å²) in [4.78, 5) is 21.5. The van der Waals surface area contributed by atoms with Crippen molar-refractivity contribution in [2.45, 2.75) is 6.92 Å². The summed E-state index contributed by atoms with van der Waals surface area (Å²) in [7, 11) is 0. The molecule has 5 heteroatoms. The molecule has 2 heterocycles. The van der Waals surface area contributed by atoms with Gasteiger partial charge in [-0.25, -0.2) is 9.97 Å². The lowest BCUT2D eigenvalue weighted by atomic mass is 10.1. The summed E-state index contributed by atoms with van der Waals surface area (Å²) in [5.41, 5.74) is 9.05. The van der Waals surface area contributed by atoms with E-state index in [0.717, 1.165) is 16.0 Å². The van der Waals surface area contributed by atoms with Crippen molar-refractivity contribution in [3.8, 4) is 20.9 Å². The van der Waals surface area contributed by atoms with Gasteiger partial charge in [0.15, 0.2) is 0 Å². The van der Waals surface area contributed by atoms with Crippen LogP contribution in [-0.4, -0.2) is 15.9 Å². The van der Waals surface area contributed by atoms with Gasteiger partial charge in [-0.15, -0.1) is 11.3 Å². The Morgan fingerprint density at radius 1 is 1.10 bits per heavy atom. The predicted molar refractivity (Wildman–Crippen MR) is 84.0 cm³/mol. The Labute approximate surface area is 126 Å². The lowest BCUT2D eigenvalue weighted by Gasteiger charge is -2.01. The molecule has 0 saturated heterocycles. The second-order valence-electron chi connectivity index (χ2n) is 4.69. The van der Waals surface area contributed by atoms with Crippen LogP contribution >= 0.6 is 11.3 Å². The average molecular weight is 295 g/mol. The summed E-state index contributed by atoms with van der Waals surface area (Å²) in [5.74, 6) is -0.411. The van der Waals surface area contributed by atoms with Gasteiger partial charge in [0.2, 0.25) is 5.91 Å². The molecule has 0 bridgehead atoms. The predicted octanol–water partition coefficient (Wildman–Crippen LogP) is 3.28. The zero-order chi connectivity index (χ0) is 14.8. The lowest BCUT2D eigenvalue weighted by Crippen LogP contribution is -2.10. The van der Waals surface area contributed by atoms with E-state index in [-0.39, 0.29) is 0 Å². The number of carbonyl (C=O) groups excluding carboxylic acids is 1. The molecule has 0 unspecified atom stereocenters. The Morgan fingerprint density at radius 3 is 2.38 bits per heavy atom. The third-order valence-electron chi connectivity index (χ3n) is 3.19. The Kier molecular flexibility index (Phi) is 3.50. The van der Waals surface area contributed by atoms with Crippen molar-refractivity contribution in [1.82, 2.24) is 9.97 Å².